The number of nitrogens with zero attached hydrogens (tertiary/aromatic N) is 2. The fraction of sp³-hybridized carbons (Fsp3) is 0.333. The van der Waals surface area contributed by atoms with Crippen molar-refractivity contribution in [1.29, 1.82) is 0 Å². The summed E-state index contributed by atoms with van der Waals surface area (Å²) in [6.07, 6.45) is 4.37. The van der Waals surface area contributed by atoms with Gasteiger partial charge in [0.05, 0.1) is 5.56 Å². The van der Waals surface area contributed by atoms with E-state index in [1.807, 2.05) is 65.6 Å². The molecule has 180 valence electrons. The molecule has 2 amide bonds. The summed E-state index contributed by atoms with van der Waals surface area (Å²) >= 11 is 0. The first kappa shape index (κ1) is 23.2. The van der Waals surface area contributed by atoms with Crippen molar-refractivity contribution >= 4 is 23.2 Å². The monoisotopic (exact) mass is 467 g/mol. The third kappa shape index (κ3) is 5.24. The maximum atomic E-state index is 13.4. The lowest BCUT2D eigenvalue weighted by atomic mass is 9.97. The number of nitrogens with one attached hydrogen (secondary N) is 1. The van der Waals surface area contributed by atoms with E-state index >= 15 is 0 Å². The van der Waals surface area contributed by atoms with Gasteiger partial charge in [0.1, 0.15) is 0 Å². The number of hydrogen-bond donors (Lipinski definition) is 1. The van der Waals surface area contributed by atoms with E-state index in [2.05, 4.69) is 29.3 Å². The zero-order chi connectivity index (χ0) is 24.2. The predicted molar refractivity (Wildman–Crippen MR) is 142 cm³/mol. The molecule has 3 aromatic rings. The molecule has 2 heterocycles. The summed E-state index contributed by atoms with van der Waals surface area (Å²) in [5.74, 6) is 0.610. The van der Waals surface area contributed by atoms with Crippen LogP contribution in [-0.2, 0) is 0 Å². The molecule has 3 aromatic carbocycles. The zero-order valence-electron chi connectivity index (χ0n) is 20.4. The van der Waals surface area contributed by atoms with Gasteiger partial charge in [-0.1, -0.05) is 49.4 Å². The van der Waals surface area contributed by atoms with Crippen LogP contribution in [0.15, 0.2) is 72.8 Å². The van der Waals surface area contributed by atoms with Crippen LogP contribution in [-0.4, -0.2) is 42.9 Å². The number of likely N-dealkylation sites (tertiary alicyclic amines) is 1. The van der Waals surface area contributed by atoms with Gasteiger partial charge in [0, 0.05) is 43.1 Å². The van der Waals surface area contributed by atoms with Crippen LogP contribution >= 0.6 is 0 Å². The highest BCUT2D eigenvalue weighted by atomic mass is 16.2. The van der Waals surface area contributed by atoms with Crippen molar-refractivity contribution in [3.05, 3.63) is 83.9 Å². The number of carbonyl (C=O) groups excluding carboxylic acids is 2. The van der Waals surface area contributed by atoms with E-state index in [1.165, 1.54) is 0 Å². The number of amides is 2. The Labute approximate surface area is 207 Å². The Hall–Kier alpha value is -3.60. The minimum absolute atomic E-state index is 0.0689. The van der Waals surface area contributed by atoms with Crippen molar-refractivity contribution in [3.63, 3.8) is 0 Å². The summed E-state index contributed by atoms with van der Waals surface area (Å²) in [6.45, 7) is 5.82. The van der Waals surface area contributed by atoms with Gasteiger partial charge in [-0.15, -0.1) is 0 Å². The molecule has 2 saturated heterocycles. The van der Waals surface area contributed by atoms with Crippen molar-refractivity contribution < 1.29 is 9.59 Å². The lowest BCUT2D eigenvalue weighted by Gasteiger charge is -2.34. The molecule has 2 aliphatic rings. The van der Waals surface area contributed by atoms with Crippen molar-refractivity contribution in [3.8, 4) is 11.1 Å². The van der Waals surface area contributed by atoms with Crippen molar-refractivity contribution in [2.24, 2.45) is 5.92 Å². The van der Waals surface area contributed by atoms with Gasteiger partial charge in [0.25, 0.3) is 11.8 Å². The van der Waals surface area contributed by atoms with Crippen LogP contribution < -0.4 is 10.2 Å². The molecule has 5 nitrogen and oxygen atoms in total. The Bertz CT molecular complexity index is 1180. The van der Waals surface area contributed by atoms with E-state index < -0.39 is 0 Å². The second-order valence-electron chi connectivity index (χ2n) is 9.80. The highest BCUT2D eigenvalue weighted by Gasteiger charge is 2.26. The Morgan fingerprint density at radius 1 is 0.800 bits per heavy atom. The summed E-state index contributed by atoms with van der Waals surface area (Å²) in [6, 6.07) is 23.5. The maximum Gasteiger partial charge on any atom is 0.256 e. The number of rotatable bonds is 5. The van der Waals surface area contributed by atoms with Gasteiger partial charge in [-0.2, -0.15) is 0 Å². The second kappa shape index (κ2) is 10.3. The Balaban J connectivity index is 1.37. The minimum atomic E-state index is -0.177. The molecule has 2 fully saturated rings. The molecule has 0 unspecified atom stereocenters. The summed E-state index contributed by atoms with van der Waals surface area (Å²) in [7, 11) is 0. The van der Waals surface area contributed by atoms with E-state index in [4.69, 9.17) is 0 Å². The Morgan fingerprint density at radius 2 is 1.46 bits per heavy atom. The molecule has 5 heteroatoms. The van der Waals surface area contributed by atoms with Gasteiger partial charge in [0.15, 0.2) is 0 Å². The molecule has 35 heavy (non-hydrogen) atoms. The van der Waals surface area contributed by atoms with Gasteiger partial charge in [0.2, 0.25) is 0 Å². The first-order valence-corrected chi connectivity index (χ1v) is 12.7. The molecule has 0 atom stereocenters. The first-order valence-electron chi connectivity index (χ1n) is 12.7. The lowest BCUT2D eigenvalue weighted by Crippen LogP contribution is -2.35. The van der Waals surface area contributed by atoms with Gasteiger partial charge < -0.3 is 15.1 Å². The largest absolute Gasteiger partial charge is 0.371 e. The highest BCUT2D eigenvalue weighted by Crippen LogP contribution is 2.31. The molecule has 0 radical (unpaired) electrons. The zero-order valence-corrected chi connectivity index (χ0v) is 20.4. The number of piperidine rings is 1. The van der Waals surface area contributed by atoms with Crippen LogP contribution in [0.25, 0.3) is 11.1 Å². The van der Waals surface area contributed by atoms with Crippen LogP contribution in [0, 0.1) is 5.92 Å². The SMILES string of the molecule is CC1CCN(c2ccc(NC(=O)c3ccc(-c4ccccc4)cc3)cc2C(=O)N2CCCC2)CC1. The van der Waals surface area contributed by atoms with E-state index in [0.717, 1.165) is 74.6 Å². The number of hydrogen-bond acceptors (Lipinski definition) is 3. The molecular weight excluding hydrogens is 434 g/mol. The molecule has 0 aliphatic carbocycles. The fourth-order valence-corrected chi connectivity index (χ4v) is 5.05. The molecule has 0 saturated carbocycles. The van der Waals surface area contributed by atoms with Gasteiger partial charge in [-0.25, -0.2) is 0 Å². The summed E-state index contributed by atoms with van der Waals surface area (Å²) in [4.78, 5) is 30.7. The molecule has 5 rings (SSSR count). The van der Waals surface area contributed by atoms with Gasteiger partial charge in [-0.05, 0) is 73.1 Å². The number of anilines is 2. The van der Waals surface area contributed by atoms with E-state index in [1.54, 1.807) is 0 Å². The number of carbonyl (C=O) groups is 2. The first-order chi connectivity index (χ1) is 17.1. The lowest BCUT2D eigenvalue weighted by molar-refractivity contribution is 0.0793. The van der Waals surface area contributed by atoms with Gasteiger partial charge in [-0.3, -0.25) is 9.59 Å². The Kier molecular flexibility index (Phi) is 6.84. The second-order valence-corrected chi connectivity index (χ2v) is 9.80. The van der Waals surface area contributed by atoms with E-state index in [0.29, 0.717) is 16.8 Å². The summed E-state index contributed by atoms with van der Waals surface area (Å²) in [5.41, 5.74) is 5.11. The van der Waals surface area contributed by atoms with Crippen LogP contribution in [0.5, 0.6) is 0 Å². The average molecular weight is 468 g/mol. The fourth-order valence-electron chi connectivity index (χ4n) is 5.05. The quantitative estimate of drug-likeness (QED) is 0.495. The van der Waals surface area contributed by atoms with Crippen LogP contribution in [0.3, 0.4) is 0 Å². The average Bonchev–Trinajstić information content (AvgIpc) is 3.45. The smallest absolute Gasteiger partial charge is 0.256 e. The van der Waals surface area contributed by atoms with Crippen LogP contribution in [0.2, 0.25) is 0 Å². The maximum absolute atomic E-state index is 13.4. The van der Waals surface area contributed by atoms with E-state index in [-0.39, 0.29) is 11.8 Å². The summed E-state index contributed by atoms with van der Waals surface area (Å²) < 4.78 is 0. The van der Waals surface area contributed by atoms with Crippen molar-refractivity contribution in [2.45, 2.75) is 32.6 Å². The van der Waals surface area contributed by atoms with Crippen molar-refractivity contribution in [2.75, 3.05) is 36.4 Å². The molecular formula is C30H33N3O2. The summed E-state index contributed by atoms with van der Waals surface area (Å²) in [5, 5.41) is 3.01. The minimum Gasteiger partial charge on any atom is -0.371 e. The topological polar surface area (TPSA) is 52.7 Å². The normalized spacial score (nSPS) is 16.4. The molecule has 1 N–H and O–H groups in total. The highest BCUT2D eigenvalue weighted by molar-refractivity contribution is 6.06. The molecule has 2 aliphatic heterocycles. The van der Waals surface area contributed by atoms with Crippen LogP contribution in [0.1, 0.15) is 53.3 Å². The molecule has 0 spiro atoms. The molecule has 0 aromatic heterocycles. The van der Waals surface area contributed by atoms with Crippen molar-refractivity contribution in [1.82, 2.24) is 4.90 Å². The van der Waals surface area contributed by atoms with E-state index in [9.17, 15) is 9.59 Å². The van der Waals surface area contributed by atoms with Gasteiger partial charge >= 0.3 is 0 Å². The third-order valence-corrected chi connectivity index (χ3v) is 7.26. The molecule has 0 bridgehead atoms. The standard InChI is InChI=1S/C30H33N3O2/c1-22-15-19-32(20-16-22)28-14-13-26(21-27(28)30(35)33-17-5-6-18-33)31-29(34)25-11-9-24(10-12-25)23-7-3-2-4-8-23/h2-4,7-14,21-22H,5-6,15-20H2,1H3,(H,31,34). The Morgan fingerprint density at radius 3 is 2.14 bits per heavy atom. The number of benzene rings is 3. The predicted octanol–water partition coefficient (Wildman–Crippen LogP) is 6.08. The third-order valence-electron chi connectivity index (χ3n) is 7.26. The van der Waals surface area contributed by atoms with Crippen LogP contribution in [0.4, 0.5) is 11.4 Å².